The van der Waals surface area contributed by atoms with Crippen molar-refractivity contribution in [3.8, 4) is 5.75 Å². The van der Waals surface area contributed by atoms with Crippen LogP contribution >= 0.6 is 11.6 Å². The van der Waals surface area contributed by atoms with Gasteiger partial charge in [-0.1, -0.05) is 30.7 Å². The highest BCUT2D eigenvalue weighted by Gasteiger charge is 2.30. The second-order valence-corrected chi connectivity index (χ2v) is 10.2. The predicted octanol–water partition coefficient (Wildman–Crippen LogP) is 5.52. The van der Waals surface area contributed by atoms with Crippen LogP contribution in [0.25, 0.3) is 0 Å². The minimum atomic E-state index is -0.379. The topological polar surface area (TPSA) is 99.3 Å². The van der Waals surface area contributed by atoms with E-state index in [2.05, 4.69) is 10.3 Å². The number of ether oxygens (including phenoxy) is 2. The van der Waals surface area contributed by atoms with Gasteiger partial charge in [-0.3, -0.25) is 9.78 Å². The van der Waals surface area contributed by atoms with E-state index in [0.717, 1.165) is 16.7 Å². The fraction of sp³-hybridized carbons (Fsp3) is 0.520. The minimum Gasteiger partial charge on any atom is -0.569 e. The standard InChI is InChI=1S/C25H33ClN4O5/c1-16(11-12-34-28-30(32)29(6)25(3,4)5)13-22(31)35-23-17(2)27-14-20-21(23)15-33-24(20)18-7-9-19(26)10-8-18/h7-10,14,16,24H,11-13,15H2,1-6H3/b30-28-/t16-,24-/m0/s1. The van der Waals surface area contributed by atoms with Gasteiger partial charge in [0, 0.05) is 28.8 Å². The number of hydrogen-bond acceptors (Lipinski definition) is 7. The van der Waals surface area contributed by atoms with Crippen molar-refractivity contribution in [2.75, 3.05) is 13.7 Å². The average Bonchev–Trinajstić information content (AvgIpc) is 3.22. The van der Waals surface area contributed by atoms with Gasteiger partial charge in [-0.25, -0.2) is 0 Å². The molecule has 2 heterocycles. The number of aryl methyl sites for hydroxylation is 1. The van der Waals surface area contributed by atoms with Crippen molar-refractivity contribution >= 4 is 17.6 Å². The number of carbonyl (C=O) groups excluding carboxylic acids is 1. The number of hydrazine groups is 1. The number of rotatable bonds is 9. The van der Waals surface area contributed by atoms with Crippen LogP contribution in [-0.2, 0) is 21.0 Å². The number of aromatic nitrogens is 1. The zero-order valence-corrected chi connectivity index (χ0v) is 21.8. The lowest BCUT2D eigenvalue weighted by Gasteiger charge is -2.26. The SMILES string of the molecule is Cc1ncc2c(c1OC(=O)C[C@@H](C)CCO/N=[N+](\[O-])N(C)C(C)(C)C)CO[C@H]2c1ccc(Cl)cc1. The van der Waals surface area contributed by atoms with Gasteiger partial charge in [-0.15, -0.1) is 5.01 Å². The van der Waals surface area contributed by atoms with Gasteiger partial charge in [0.2, 0.25) is 5.28 Å². The Labute approximate surface area is 211 Å². The van der Waals surface area contributed by atoms with Gasteiger partial charge in [0.15, 0.2) is 5.75 Å². The highest BCUT2D eigenvalue weighted by atomic mass is 35.5. The Morgan fingerprint density at radius 3 is 2.71 bits per heavy atom. The van der Waals surface area contributed by atoms with Crippen molar-refractivity contribution < 1.29 is 24.1 Å². The van der Waals surface area contributed by atoms with E-state index in [1.165, 1.54) is 5.01 Å². The van der Waals surface area contributed by atoms with Crippen molar-refractivity contribution in [3.05, 3.63) is 63.1 Å². The Balaban J connectivity index is 1.56. The van der Waals surface area contributed by atoms with Crippen molar-refractivity contribution in [2.24, 2.45) is 11.2 Å². The molecule has 0 saturated heterocycles. The second-order valence-electron chi connectivity index (χ2n) is 9.78. The quantitative estimate of drug-likeness (QED) is 0.146. The van der Waals surface area contributed by atoms with Gasteiger partial charge in [0.05, 0.1) is 29.9 Å². The van der Waals surface area contributed by atoms with Crippen LogP contribution in [0.5, 0.6) is 5.75 Å². The van der Waals surface area contributed by atoms with Crippen molar-refractivity contribution in [1.29, 1.82) is 0 Å². The lowest BCUT2D eigenvalue weighted by Crippen LogP contribution is -2.42. The largest absolute Gasteiger partial charge is 0.569 e. The molecule has 0 radical (unpaired) electrons. The summed E-state index contributed by atoms with van der Waals surface area (Å²) < 4.78 is 11.7. The molecule has 3 rings (SSSR count). The average molecular weight is 505 g/mol. The van der Waals surface area contributed by atoms with Crippen molar-refractivity contribution in [1.82, 2.24) is 9.99 Å². The van der Waals surface area contributed by atoms with Crippen molar-refractivity contribution in [3.63, 3.8) is 0 Å². The Kier molecular flexibility index (Phi) is 8.56. The van der Waals surface area contributed by atoms with E-state index in [9.17, 15) is 10.0 Å². The first kappa shape index (κ1) is 26.7. The number of halogens is 1. The van der Waals surface area contributed by atoms with Gasteiger partial charge >= 0.3 is 5.97 Å². The van der Waals surface area contributed by atoms with Gasteiger partial charge in [-0.2, -0.15) is 0 Å². The fourth-order valence-electron chi connectivity index (χ4n) is 3.53. The summed E-state index contributed by atoms with van der Waals surface area (Å²) in [5.41, 5.74) is 2.92. The van der Waals surface area contributed by atoms with Gasteiger partial charge in [-0.05, 0) is 57.7 Å². The Hall–Kier alpha value is -2.91. The Bertz CT molecular complexity index is 1070. The van der Waals surface area contributed by atoms with Crippen LogP contribution in [0.4, 0.5) is 0 Å². The molecule has 10 heteroatoms. The molecule has 1 aliphatic rings. The van der Waals surface area contributed by atoms with E-state index >= 15 is 0 Å². The number of benzene rings is 1. The predicted molar refractivity (Wildman–Crippen MR) is 131 cm³/mol. The van der Waals surface area contributed by atoms with Crippen LogP contribution in [0.2, 0.25) is 5.02 Å². The lowest BCUT2D eigenvalue weighted by molar-refractivity contribution is -0.719. The normalized spacial score (nSPS) is 16.5. The van der Waals surface area contributed by atoms with Crippen LogP contribution in [0, 0.1) is 18.0 Å². The lowest BCUT2D eigenvalue weighted by atomic mass is 10.00. The monoisotopic (exact) mass is 504 g/mol. The molecular formula is C25H33ClN4O5. The summed E-state index contributed by atoms with van der Waals surface area (Å²) in [4.78, 5) is 22.7. The first-order valence-corrected chi connectivity index (χ1v) is 11.9. The van der Waals surface area contributed by atoms with Crippen LogP contribution in [0.3, 0.4) is 0 Å². The molecule has 0 N–H and O–H groups in total. The fourth-order valence-corrected chi connectivity index (χ4v) is 3.66. The minimum absolute atomic E-state index is 0.0266. The second kappa shape index (κ2) is 11.2. The third-order valence-electron chi connectivity index (χ3n) is 5.99. The maximum atomic E-state index is 12.7. The molecule has 0 spiro atoms. The molecule has 0 amide bonds. The highest BCUT2D eigenvalue weighted by Crippen LogP contribution is 2.41. The zero-order valence-electron chi connectivity index (χ0n) is 21.1. The first-order valence-electron chi connectivity index (χ1n) is 11.6. The third kappa shape index (κ3) is 6.82. The molecule has 35 heavy (non-hydrogen) atoms. The summed E-state index contributed by atoms with van der Waals surface area (Å²) in [6.45, 7) is 9.94. The smallest absolute Gasteiger partial charge is 0.311 e. The summed E-state index contributed by atoms with van der Waals surface area (Å²) in [6, 6.07) is 7.46. The molecule has 0 aliphatic carbocycles. The number of carbonyl (C=O) groups is 1. The Morgan fingerprint density at radius 1 is 1.37 bits per heavy atom. The molecule has 0 saturated carbocycles. The molecular weight excluding hydrogens is 472 g/mol. The molecule has 2 aromatic rings. The summed E-state index contributed by atoms with van der Waals surface area (Å²) >= 11 is 6.00. The van der Waals surface area contributed by atoms with E-state index in [0.29, 0.717) is 34.5 Å². The number of hydrogen-bond donors (Lipinski definition) is 0. The van der Waals surface area contributed by atoms with E-state index in [1.54, 1.807) is 20.2 Å². The molecule has 0 bridgehead atoms. The summed E-state index contributed by atoms with van der Waals surface area (Å²) in [5.74, 6) is 0.0662. The molecule has 2 atom stereocenters. The highest BCUT2D eigenvalue weighted by molar-refractivity contribution is 6.30. The van der Waals surface area contributed by atoms with E-state index in [-0.39, 0.29) is 36.6 Å². The molecule has 9 nitrogen and oxygen atoms in total. The van der Waals surface area contributed by atoms with Crippen LogP contribution in [-0.4, -0.2) is 40.1 Å². The Morgan fingerprint density at radius 2 is 2.06 bits per heavy atom. The van der Waals surface area contributed by atoms with E-state index in [1.807, 2.05) is 52.0 Å². The van der Waals surface area contributed by atoms with E-state index < -0.39 is 0 Å². The van der Waals surface area contributed by atoms with Gasteiger partial charge in [0.1, 0.15) is 12.7 Å². The molecule has 1 aromatic carbocycles. The maximum absolute atomic E-state index is 12.7. The van der Waals surface area contributed by atoms with Gasteiger partial charge in [0.25, 0.3) is 0 Å². The van der Waals surface area contributed by atoms with Crippen LogP contribution < -0.4 is 4.74 Å². The first-order chi connectivity index (χ1) is 16.5. The maximum Gasteiger partial charge on any atom is 0.311 e. The third-order valence-corrected chi connectivity index (χ3v) is 6.24. The molecule has 190 valence electrons. The summed E-state index contributed by atoms with van der Waals surface area (Å²) in [7, 11) is 1.64. The number of pyridine rings is 1. The molecule has 1 aromatic heterocycles. The number of esters is 1. The number of nitrogens with zero attached hydrogens (tertiary/aromatic N) is 4. The summed E-state index contributed by atoms with van der Waals surface area (Å²) in [5, 5.41) is 17.6. The zero-order chi connectivity index (χ0) is 25.8. The summed E-state index contributed by atoms with van der Waals surface area (Å²) in [6.07, 6.45) is 2.22. The molecule has 1 aliphatic heterocycles. The molecule has 0 unspecified atom stereocenters. The number of fused-ring (bicyclic) bond motifs is 1. The van der Waals surface area contributed by atoms with Crippen LogP contribution in [0.1, 0.15) is 69.0 Å². The van der Waals surface area contributed by atoms with Crippen LogP contribution in [0.15, 0.2) is 35.7 Å². The molecule has 0 fully saturated rings. The van der Waals surface area contributed by atoms with Crippen molar-refractivity contribution in [2.45, 2.75) is 65.7 Å². The van der Waals surface area contributed by atoms with Gasteiger partial charge < -0.3 is 19.5 Å². The van der Waals surface area contributed by atoms with E-state index in [4.69, 9.17) is 25.9 Å².